The molecule has 0 saturated carbocycles. The Hall–Kier alpha value is -1.80. The molecule has 26 heavy (non-hydrogen) atoms. The summed E-state index contributed by atoms with van der Waals surface area (Å²) in [5, 5.41) is 6.44. The first kappa shape index (κ1) is 17.6. The van der Waals surface area contributed by atoms with Gasteiger partial charge < -0.3 is 15.4 Å². The van der Waals surface area contributed by atoms with Crippen molar-refractivity contribution in [2.75, 3.05) is 31.5 Å². The van der Waals surface area contributed by atoms with Crippen LogP contribution >= 0.6 is 11.6 Å². The second-order valence-corrected chi connectivity index (χ2v) is 9.15. The van der Waals surface area contributed by atoms with E-state index in [1.807, 2.05) is 12.1 Å². The van der Waals surface area contributed by atoms with Crippen LogP contribution in [0.4, 0.5) is 11.4 Å². The van der Waals surface area contributed by atoms with Gasteiger partial charge in [0.1, 0.15) is 0 Å². The smallest absolute Gasteiger partial charge is 0.220 e. The van der Waals surface area contributed by atoms with Gasteiger partial charge in [-0.3, -0.25) is 0 Å². The van der Waals surface area contributed by atoms with Gasteiger partial charge >= 0.3 is 0 Å². The number of rotatable bonds is 3. The molecule has 0 spiro atoms. The van der Waals surface area contributed by atoms with Gasteiger partial charge in [-0.05, 0) is 36.8 Å². The average molecular weight is 394 g/mol. The third kappa shape index (κ3) is 3.16. The first-order chi connectivity index (χ1) is 12.4. The van der Waals surface area contributed by atoms with E-state index in [-0.39, 0.29) is 0 Å². The van der Waals surface area contributed by atoms with Crippen molar-refractivity contribution < 1.29 is 13.2 Å². The maximum Gasteiger partial charge on any atom is 0.220 e. The number of anilines is 2. The molecule has 2 heterocycles. The molecule has 138 valence electrons. The predicted molar refractivity (Wildman–Crippen MR) is 103 cm³/mol. The SMILES string of the molecule is CC(c1ccc2c(c1)Nc1ccc(Cl)cc1O2)S(=O)(=O)N1CCNCC1. The molecular weight excluding hydrogens is 374 g/mol. The molecule has 0 aromatic heterocycles. The molecule has 6 nitrogen and oxygen atoms in total. The molecule has 1 atom stereocenters. The second kappa shape index (κ2) is 6.74. The zero-order valence-electron chi connectivity index (χ0n) is 14.3. The minimum absolute atomic E-state index is 0.507. The zero-order valence-corrected chi connectivity index (χ0v) is 15.9. The Kier molecular flexibility index (Phi) is 4.56. The number of fused-ring (bicyclic) bond motifs is 2. The van der Waals surface area contributed by atoms with Crippen LogP contribution in [0.1, 0.15) is 17.7 Å². The minimum atomic E-state index is -3.40. The van der Waals surface area contributed by atoms with E-state index < -0.39 is 15.3 Å². The standard InChI is InChI=1S/C18H20ClN3O3S/c1-12(26(23,24)22-8-6-20-7-9-22)13-2-5-17-16(10-13)21-15-4-3-14(19)11-18(15)25-17/h2-5,10-12,20-21H,6-9H2,1H3. The summed E-state index contributed by atoms with van der Waals surface area (Å²) in [6.07, 6.45) is 0. The van der Waals surface area contributed by atoms with Crippen molar-refractivity contribution in [2.24, 2.45) is 0 Å². The topological polar surface area (TPSA) is 70.7 Å². The van der Waals surface area contributed by atoms with Crippen molar-refractivity contribution in [3.8, 4) is 11.5 Å². The number of hydrogen-bond donors (Lipinski definition) is 2. The third-order valence-electron chi connectivity index (χ3n) is 4.79. The van der Waals surface area contributed by atoms with Crippen LogP contribution in [0.3, 0.4) is 0 Å². The highest BCUT2D eigenvalue weighted by Gasteiger charge is 2.31. The summed E-state index contributed by atoms with van der Waals surface area (Å²) >= 11 is 6.01. The fourth-order valence-electron chi connectivity index (χ4n) is 3.23. The van der Waals surface area contributed by atoms with E-state index in [0.29, 0.717) is 42.7 Å². The highest BCUT2D eigenvalue weighted by Crippen LogP contribution is 2.44. The number of nitrogens with one attached hydrogen (secondary N) is 2. The van der Waals surface area contributed by atoms with Gasteiger partial charge in [-0.15, -0.1) is 0 Å². The van der Waals surface area contributed by atoms with Gasteiger partial charge in [0, 0.05) is 37.3 Å². The summed E-state index contributed by atoms with van der Waals surface area (Å²) in [7, 11) is -3.40. The van der Waals surface area contributed by atoms with Gasteiger partial charge in [0.2, 0.25) is 10.0 Å². The van der Waals surface area contributed by atoms with Crippen LogP contribution in [0, 0.1) is 0 Å². The molecule has 1 fully saturated rings. The molecule has 0 aliphatic carbocycles. The van der Waals surface area contributed by atoms with Crippen LogP contribution in [0.25, 0.3) is 0 Å². The van der Waals surface area contributed by atoms with Crippen molar-refractivity contribution >= 4 is 33.0 Å². The van der Waals surface area contributed by atoms with Crippen LogP contribution in [0.15, 0.2) is 36.4 Å². The van der Waals surface area contributed by atoms with Gasteiger partial charge in [0.25, 0.3) is 0 Å². The van der Waals surface area contributed by atoms with Crippen LogP contribution in [-0.4, -0.2) is 38.9 Å². The minimum Gasteiger partial charge on any atom is -0.453 e. The van der Waals surface area contributed by atoms with E-state index in [0.717, 1.165) is 16.9 Å². The van der Waals surface area contributed by atoms with E-state index in [1.54, 1.807) is 35.5 Å². The maximum atomic E-state index is 12.9. The Morgan fingerprint density at radius 1 is 1.08 bits per heavy atom. The predicted octanol–water partition coefficient (Wildman–Crippen LogP) is 3.49. The Morgan fingerprint density at radius 2 is 1.85 bits per heavy atom. The highest BCUT2D eigenvalue weighted by atomic mass is 35.5. The molecule has 1 unspecified atom stereocenters. The molecule has 1 saturated heterocycles. The second-order valence-electron chi connectivity index (χ2n) is 6.46. The van der Waals surface area contributed by atoms with Crippen LogP contribution in [-0.2, 0) is 10.0 Å². The Balaban J connectivity index is 1.62. The number of sulfonamides is 1. The number of piperazine rings is 1. The lowest BCUT2D eigenvalue weighted by molar-refractivity contribution is 0.356. The highest BCUT2D eigenvalue weighted by molar-refractivity contribution is 7.89. The van der Waals surface area contributed by atoms with Gasteiger partial charge in [0.15, 0.2) is 11.5 Å². The molecular formula is C18H20ClN3O3S. The molecule has 2 N–H and O–H groups in total. The Labute approximate surface area is 158 Å². The molecule has 2 aliphatic rings. The lowest BCUT2D eigenvalue weighted by Gasteiger charge is -2.30. The Morgan fingerprint density at radius 3 is 2.62 bits per heavy atom. The number of ether oxygens (including phenoxy) is 1. The lowest BCUT2D eigenvalue weighted by atomic mass is 10.1. The zero-order chi connectivity index (χ0) is 18.3. The van der Waals surface area contributed by atoms with Crippen LogP contribution in [0.5, 0.6) is 11.5 Å². The molecule has 2 aromatic rings. The lowest BCUT2D eigenvalue weighted by Crippen LogP contribution is -2.47. The van der Waals surface area contributed by atoms with E-state index >= 15 is 0 Å². The van der Waals surface area contributed by atoms with Gasteiger partial charge in [-0.2, -0.15) is 4.31 Å². The number of nitrogens with zero attached hydrogens (tertiary/aromatic N) is 1. The van der Waals surface area contributed by atoms with E-state index in [1.165, 1.54) is 0 Å². The average Bonchev–Trinajstić information content (AvgIpc) is 2.66. The normalized spacial score (nSPS) is 18.2. The summed E-state index contributed by atoms with van der Waals surface area (Å²) in [6, 6.07) is 10.8. The van der Waals surface area contributed by atoms with E-state index in [9.17, 15) is 8.42 Å². The Bertz CT molecular complexity index is 943. The molecule has 0 bridgehead atoms. The van der Waals surface area contributed by atoms with Gasteiger partial charge in [-0.25, -0.2) is 8.42 Å². The summed E-state index contributed by atoms with van der Waals surface area (Å²) in [5.74, 6) is 1.30. The monoisotopic (exact) mass is 393 g/mol. The molecule has 2 aromatic carbocycles. The van der Waals surface area contributed by atoms with E-state index in [4.69, 9.17) is 16.3 Å². The van der Waals surface area contributed by atoms with Crippen molar-refractivity contribution in [1.82, 2.24) is 9.62 Å². The quantitative estimate of drug-likeness (QED) is 0.712. The molecule has 0 radical (unpaired) electrons. The fourth-order valence-corrected chi connectivity index (χ4v) is 5.02. The van der Waals surface area contributed by atoms with Gasteiger partial charge in [0.05, 0.1) is 16.6 Å². The molecule has 4 rings (SSSR count). The number of hydrogen-bond acceptors (Lipinski definition) is 5. The van der Waals surface area contributed by atoms with Crippen LogP contribution < -0.4 is 15.4 Å². The number of benzene rings is 2. The summed E-state index contributed by atoms with van der Waals surface area (Å²) in [6.45, 7) is 4.12. The van der Waals surface area contributed by atoms with Crippen molar-refractivity contribution in [3.05, 3.63) is 47.0 Å². The summed E-state index contributed by atoms with van der Waals surface area (Å²) in [5.41, 5.74) is 2.28. The van der Waals surface area contributed by atoms with Gasteiger partial charge in [-0.1, -0.05) is 17.7 Å². The third-order valence-corrected chi connectivity index (χ3v) is 7.27. The van der Waals surface area contributed by atoms with Crippen LogP contribution in [0.2, 0.25) is 5.02 Å². The number of halogens is 1. The first-order valence-electron chi connectivity index (χ1n) is 8.53. The first-order valence-corrected chi connectivity index (χ1v) is 10.4. The van der Waals surface area contributed by atoms with E-state index in [2.05, 4.69) is 10.6 Å². The summed E-state index contributed by atoms with van der Waals surface area (Å²) < 4.78 is 33.3. The molecule has 8 heteroatoms. The largest absolute Gasteiger partial charge is 0.453 e. The summed E-state index contributed by atoms with van der Waals surface area (Å²) in [4.78, 5) is 0. The van der Waals surface area contributed by atoms with Crippen molar-refractivity contribution in [3.63, 3.8) is 0 Å². The molecule has 0 amide bonds. The van der Waals surface area contributed by atoms with Crippen molar-refractivity contribution in [2.45, 2.75) is 12.2 Å². The molecule has 2 aliphatic heterocycles. The fraction of sp³-hybridized carbons (Fsp3) is 0.333. The maximum absolute atomic E-state index is 12.9. The van der Waals surface area contributed by atoms with Crippen molar-refractivity contribution in [1.29, 1.82) is 0 Å².